The van der Waals surface area contributed by atoms with E-state index in [1.54, 1.807) is 0 Å². The van der Waals surface area contributed by atoms with Crippen LogP contribution < -0.4 is 9.47 Å². The Hall–Kier alpha value is -0.670. The van der Waals surface area contributed by atoms with E-state index in [-0.39, 0.29) is 12.4 Å². The Morgan fingerprint density at radius 1 is 1.31 bits per heavy atom. The number of halogens is 2. The molecule has 13 heavy (non-hydrogen) atoms. The third-order valence-corrected chi connectivity index (χ3v) is 1.87. The highest BCUT2D eigenvalue weighted by atomic mass is 35.5. The lowest BCUT2D eigenvalue weighted by Gasteiger charge is -2.17. The smallest absolute Gasteiger partial charge is 0.257 e. The predicted molar refractivity (Wildman–Crippen MR) is 52.0 cm³/mol. The van der Waals surface area contributed by atoms with Crippen LogP contribution in [0.25, 0.3) is 0 Å². The lowest BCUT2D eigenvalue weighted by molar-refractivity contribution is 0.164. The van der Waals surface area contributed by atoms with Crippen molar-refractivity contribution in [2.45, 2.75) is 5.88 Å². The van der Waals surface area contributed by atoms with Gasteiger partial charge in [-0.15, -0.1) is 24.0 Å². The molecule has 1 aromatic rings. The van der Waals surface area contributed by atoms with Gasteiger partial charge < -0.3 is 9.47 Å². The van der Waals surface area contributed by atoms with Crippen molar-refractivity contribution in [1.82, 2.24) is 4.98 Å². The van der Waals surface area contributed by atoms with Gasteiger partial charge >= 0.3 is 0 Å². The molecule has 0 radical (unpaired) electrons. The standard InChI is InChI=1S/C8H8ClNO2.ClH/c9-5-6-1-2-7-8(10-6)12-4-3-11-7;/h1-2H,3-5H2;1H. The van der Waals surface area contributed by atoms with Crippen molar-refractivity contribution in [2.75, 3.05) is 13.2 Å². The molecule has 0 bridgehead atoms. The first kappa shape index (κ1) is 10.4. The Balaban J connectivity index is 0.000000845. The van der Waals surface area contributed by atoms with Gasteiger partial charge in [0.2, 0.25) is 0 Å². The Labute approximate surface area is 87.4 Å². The minimum absolute atomic E-state index is 0. The molecule has 2 rings (SSSR count). The van der Waals surface area contributed by atoms with Gasteiger partial charge in [0.05, 0.1) is 11.6 Å². The second-order valence-corrected chi connectivity index (χ2v) is 2.70. The monoisotopic (exact) mass is 221 g/mol. The molecule has 0 aliphatic carbocycles. The molecule has 0 atom stereocenters. The van der Waals surface area contributed by atoms with Crippen LogP contribution in [0.3, 0.4) is 0 Å². The Morgan fingerprint density at radius 2 is 2.08 bits per heavy atom. The maximum atomic E-state index is 5.61. The normalized spacial score (nSPS) is 13.3. The summed E-state index contributed by atoms with van der Waals surface area (Å²) in [5.74, 6) is 1.66. The predicted octanol–water partition coefficient (Wildman–Crippen LogP) is 2.01. The summed E-state index contributed by atoms with van der Waals surface area (Å²) in [7, 11) is 0. The molecule has 0 saturated heterocycles. The molecule has 1 aromatic heterocycles. The van der Waals surface area contributed by atoms with Crippen LogP contribution in [0.2, 0.25) is 0 Å². The highest BCUT2D eigenvalue weighted by Gasteiger charge is 2.12. The molecule has 0 spiro atoms. The topological polar surface area (TPSA) is 31.4 Å². The van der Waals surface area contributed by atoms with E-state index in [1.165, 1.54) is 0 Å². The molecule has 0 amide bonds. The maximum absolute atomic E-state index is 5.61. The van der Waals surface area contributed by atoms with Crippen LogP contribution in [0.1, 0.15) is 5.69 Å². The van der Waals surface area contributed by atoms with Crippen molar-refractivity contribution in [1.29, 1.82) is 0 Å². The summed E-state index contributed by atoms with van der Waals surface area (Å²) in [5, 5.41) is 0. The lowest BCUT2D eigenvalue weighted by Crippen LogP contribution is -2.16. The van der Waals surface area contributed by atoms with E-state index in [0.717, 1.165) is 5.69 Å². The van der Waals surface area contributed by atoms with Crippen LogP contribution >= 0.6 is 24.0 Å². The zero-order chi connectivity index (χ0) is 8.39. The van der Waals surface area contributed by atoms with Gasteiger partial charge in [0.25, 0.3) is 5.88 Å². The van der Waals surface area contributed by atoms with Gasteiger partial charge in [-0.05, 0) is 12.1 Å². The SMILES string of the molecule is Cl.ClCc1ccc2c(n1)OCCO2. The molecule has 5 heteroatoms. The molecule has 0 unspecified atom stereocenters. The van der Waals surface area contributed by atoms with Gasteiger partial charge in [0.1, 0.15) is 13.2 Å². The van der Waals surface area contributed by atoms with Crippen molar-refractivity contribution in [3.8, 4) is 11.6 Å². The van der Waals surface area contributed by atoms with E-state index in [0.29, 0.717) is 30.7 Å². The average Bonchev–Trinajstić information content (AvgIpc) is 2.17. The Bertz CT molecular complexity index is 293. The summed E-state index contributed by atoms with van der Waals surface area (Å²) in [6.07, 6.45) is 0. The van der Waals surface area contributed by atoms with Gasteiger partial charge in [-0.3, -0.25) is 0 Å². The maximum Gasteiger partial charge on any atom is 0.257 e. The molecule has 3 nitrogen and oxygen atoms in total. The van der Waals surface area contributed by atoms with Crippen LogP contribution in [0.5, 0.6) is 11.6 Å². The minimum atomic E-state index is 0. The van der Waals surface area contributed by atoms with E-state index in [4.69, 9.17) is 21.1 Å². The molecule has 1 aliphatic heterocycles. The van der Waals surface area contributed by atoms with Gasteiger partial charge in [0.15, 0.2) is 5.75 Å². The largest absolute Gasteiger partial charge is 0.484 e. The summed E-state index contributed by atoms with van der Waals surface area (Å²) in [5.41, 5.74) is 0.806. The quantitative estimate of drug-likeness (QED) is 0.681. The van der Waals surface area contributed by atoms with Crippen LogP contribution in [0, 0.1) is 0 Å². The number of aromatic nitrogens is 1. The third-order valence-electron chi connectivity index (χ3n) is 1.60. The van der Waals surface area contributed by atoms with Crippen molar-refractivity contribution < 1.29 is 9.47 Å². The van der Waals surface area contributed by atoms with E-state index < -0.39 is 0 Å². The highest BCUT2D eigenvalue weighted by Crippen LogP contribution is 2.27. The van der Waals surface area contributed by atoms with Gasteiger partial charge in [0, 0.05) is 0 Å². The number of alkyl halides is 1. The number of ether oxygens (including phenoxy) is 2. The first-order valence-corrected chi connectivity index (χ1v) is 4.25. The van der Waals surface area contributed by atoms with E-state index in [2.05, 4.69) is 4.98 Å². The summed E-state index contributed by atoms with van der Waals surface area (Å²) in [6.45, 7) is 1.15. The second kappa shape index (κ2) is 4.53. The molecule has 72 valence electrons. The van der Waals surface area contributed by atoms with Crippen LogP contribution in [-0.2, 0) is 5.88 Å². The molecule has 0 aromatic carbocycles. The number of fused-ring (bicyclic) bond motifs is 1. The number of rotatable bonds is 1. The highest BCUT2D eigenvalue weighted by molar-refractivity contribution is 6.16. The molecule has 1 aliphatic rings. The van der Waals surface area contributed by atoms with Crippen LogP contribution in [-0.4, -0.2) is 18.2 Å². The first-order chi connectivity index (χ1) is 5.90. The lowest BCUT2D eigenvalue weighted by atomic mass is 10.3. The van der Waals surface area contributed by atoms with Crippen LogP contribution in [0.4, 0.5) is 0 Å². The number of hydrogen-bond donors (Lipinski definition) is 0. The molecular formula is C8H9Cl2NO2. The fraction of sp³-hybridized carbons (Fsp3) is 0.375. The number of nitrogens with zero attached hydrogens (tertiary/aromatic N) is 1. The summed E-state index contributed by atoms with van der Waals surface area (Å²) >= 11 is 5.61. The fourth-order valence-electron chi connectivity index (χ4n) is 1.04. The van der Waals surface area contributed by atoms with Crippen molar-refractivity contribution in [3.05, 3.63) is 17.8 Å². The molecule has 0 fully saturated rings. The Kier molecular flexibility index (Phi) is 3.63. The Morgan fingerprint density at radius 3 is 2.85 bits per heavy atom. The van der Waals surface area contributed by atoms with E-state index in [1.807, 2.05) is 12.1 Å². The van der Waals surface area contributed by atoms with E-state index >= 15 is 0 Å². The number of hydrogen-bond acceptors (Lipinski definition) is 3. The summed E-state index contributed by atoms with van der Waals surface area (Å²) in [4.78, 5) is 4.15. The molecular weight excluding hydrogens is 213 g/mol. The second-order valence-electron chi connectivity index (χ2n) is 2.44. The fourth-order valence-corrected chi connectivity index (χ4v) is 1.19. The molecule has 0 saturated carbocycles. The molecule has 0 N–H and O–H groups in total. The molecule has 2 heterocycles. The summed E-state index contributed by atoms with van der Waals surface area (Å²) < 4.78 is 10.6. The summed E-state index contributed by atoms with van der Waals surface area (Å²) in [6, 6.07) is 3.67. The van der Waals surface area contributed by atoms with Gasteiger partial charge in [-0.1, -0.05) is 0 Å². The third kappa shape index (κ3) is 2.17. The van der Waals surface area contributed by atoms with Gasteiger partial charge in [-0.25, -0.2) is 4.98 Å². The first-order valence-electron chi connectivity index (χ1n) is 3.71. The van der Waals surface area contributed by atoms with Crippen LogP contribution in [0.15, 0.2) is 12.1 Å². The number of pyridine rings is 1. The minimum Gasteiger partial charge on any atom is -0.484 e. The van der Waals surface area contributed by atoms with Crippen molar-refractivity contribution >= 4 is 24.0 Å². The van der Waals surface area contributed by atoms with E-state index in [9.17, 15) is 0 Å². The average molecular weight is 222 g/mol. The zero-order valence-corrected chi connectivity index (χ0v) is 8.40. The van der Waals surface area contributed by atoms with Crippen molar-refractivity contribution in [3.63, 3.8) is 0 Å². The zero-order valence-electron chi connectivity index (χ0n) is 6.83. The van der Waals surface area contributed by atoms with Crippen molar-refractivity contribution in [2.24, 2.45) is 0 Å². The van der Waals surface area contributed by atoms with Gasteiger partial charge in [-0.2, -0.15) is 0 Å².